The monoisotopic (exact) mass is 586 g/mol. The maximum absolute atomic E-state index is 13.2. The predicted molar refractivity (Wildman–Crippen MR) is 166 cm³/mol. The first-order valence-electron chi connectivity index (χ1n) is 14.3. The molecule has 0 saturated carbocycles. The molecule has 5 rings (SSSR count). The molecule has 42 heavy (non-hydrogen) atoms. The molecule has 3 aromatic carbocycles. The SMILES string of the molecule is C=CCOC(=O)N1CC(SC(c2ccccc2)(c2ccccc2)c2ccccc2)CC1NCC(=O)NN1CCOCC1. The van der Waals surface area contributed by atoms with E-state index < -0.39 is 10.8 Å². The fourth-order valence-corrected chi connectivity index (χ4v) is 7.40. The second-order valence-electron chi connectivity index (χ2n) is 10.3. The largest absolute Gasteiger partial charge is 0.445 e. The van der Waals surface area contributed by atoms with Crippen LogP contribution in [0, 0.1) is 0 Å². The van der Waals surface area contributed by atoms with Gasteiger partial charge >= 0.3 is 6.09 Å². The Labute approximate surface area is 252 Å². The van der Waals surface area contributed by atoms with Gasteiger partial charge in [0, 0.05) is 24.9 Å². The number of likely N-dealkylation sites (tertiary alicyclic amines) is 1. The summed E-state index contributed by atoms with van der Waals surface area (Å²) in [5.41, 5.74) is 6.42. The van der Waals surface area contributed by atoms with Gasteiger partial charge in [-0.3, -0.25) is 20.4 Å². The summed E-state index contributed by atoms with van der Waals surface area (Å²) in [7, 11) is 0. The van der Waals surface area contributed by atoms with Crippen molar-refractivity contribution in [3.63, 3.8) is 0 Å². The van der Waals surface area contributed by atoms with Crippen molar-refractivity contribution in [2.24, 2.45) is 0 Å². The molecule has 2 aliphatic rings. The van der Waals surface area contributed by atoms with Gasteiger partial charge in [-0.1, -0.05) is 104 Å². The van der Waals surface area contributed by atoms with E-state index in [0.717, 1.165) is 16.7 Å². The number of carbonyl (C=O) groups excluding carboxylic acids is 2. The van der Waals surface area contributed by atoms with E-state index in [2.05, 4.69) is 90.1 Å². The lowest BCUT2D eigenvalue weighted by molar-refractivity contribution is -0.127. The minimum Gasteiger partial charge on any atom is -0.445 e. The molecule has 0 aliphatic carbocycles. The number of nitrogens with one attached hydrogen (secondary N) is 2. The number of thioether (sulfide) groups is 1. The van der Waals surface area contributed by atoms with Gasteiger partial charge in [-0.25, -0.2) is 9.80 Å². The maximum atomic E-state index is 13.2. The summed E-state index contributed by atoms with van der Waals surface area (Å²) in [4.78, 5) is 27.7. The molecule has 2 amide bonds. The number of hydrazine groups is 1. The molecule has 0 aromatic heterocycles. The average Bonchev–Trinajstić information content (AvgIpc) is 3.46. The zero-order valence-electron chi connectivity index (χ0n) is 23.7. The number of amides is 2. The van der Waals surface area contributed by atoms with Crippen LogP contribution >= 0.6 is 11.8 Å². The number of benzene rings is 3. The van der Waals surface area contributed by atoms with Crippen molar-refractivity contribution in [1.29, 1.82) is 0 Å². The molecule has 2 unspecified atom stereocenters. The zero-order chi connectivity index (χ0) is 29.2. The van der Waals surface area contributed by atoms with Gasteiger partial charge in [0.15, 0.2) is 0 Å². The Morgan fingerprint density at radius 3 is 2.00 bits per heavy atom. The molecule has 8 nitrogen and oxygen atoms in total. The Morgan fingerprint density at radius 1 is 0.929 bits per heavy atom. The highest BCUT2D eigenvalue weighted by Crippen LogP contribution is 2.52. The third-order valence-corrected chi connectivity index (χ3v) is 9.23. The number of ether oxygens (including phenoxy) is 2. The van der Waals surface area contributed by atoms with E-state index in [0.29, 0.717) is 39.3 Å². The van der Waals surface area contributed by atoms with Crippen molar-refractivity contribution in [2.75, 3.05) is 46.0 Å². The van der Waals surface area contributed by atoms with Crippen molar-refractivity contribution in [2.45, 2.75) is 22.6 Å². The number of hydrogen-bond acceptors (Lipinski definition) is 7. The van der Waals surface area contributed by atoms with Gasteiger partial charge < -0.3 is 9.47 Å². The molecule has 3 aromatic rings. The Hall–Kier alpha value is -3.63. The minimum absolute atomic E-state index is 0.0432. The van der Waals surface area contributed by atoms with Crippen LogP contribution in [0.2, 0.25) is 0 Å². The summed E-state index contributed by atoms with van der Waals surface area (Å²) in [5, 5.41) is 5.24. The summed E-state index contributed by atoms with van der Waals surface area (Å²) in [5.74, 6) is -0.153. The van der Waals surface area contributed by atoms with Gasteiger partial charge in [0.05, 0.1) is 30.7 Å². The Bertz CT molecular complexity index is 1210. The molecule has 2 fully saturated rings. The highest BCUT2D eigenvalue weighted by molar-refractivity contribution is 8.01. The lowest BCUT2D eigenvalue weighted by atomic mass is 9.84. The van der Waals surface area contributed by atoms with Crippen molar-refractivity contribution in [1.82, 2.24) is 20.7 Å². The quantitative estimate of drug-likeness (QED) is 0.255. The number of hydrogen-bond donors (Lipinski definition) is 2. The Kier molecular flexibility index (Phi) is 10.3. The third kappa shape index (κ3) is 7.04. The van der Waals surface area contributed by atoms with Crippen LogP contribution in [0.15, 0.2) is 104 Å². The Morgan fingerprint density at radius 2 is 1.48 bits per heavy atom. The van der Waals surface area contributed by atoms with Crippen LogP contribution in [0.5, 0.6) is 0 Å². The predicted octanol–water partition coefficient (Wildman–Crippen LogP) is 4.39. The van der Waals surface area contributed by atoms with E-state index in [1.165, 1.54) is 0 Å². The molecule has 220 valence electrons. The summed E-state index contributed by atoms with van der Waals surface area (Å²) in [6.45, 7) is 6.81. The third-order valence-electron chi connectivity index (χ3n) is 7.50. The molecule has 2 atom stereocenters. The second kappa shape index (κ2) is 14.5. The van der Waals surface area contributed by atoms with Crippen LogP contribution in [0.3, 0.4) is 0 Å². The van der Waals surface area contributed by atoms with Crippen LogP contribution < -0.4 is 10.7 Å². The number of rotatable bonds is 11. The van der Waals surface area contributed by atoms with Gasteiger partial charge in [-0.2, -0.15) is 0 Å². The molecule has 0 spiro atoms. The van der Waals surface area contributed by atoms with E-state index in [9.17, 15) is 9.59 Å². The van der Waals surface area contributed by atoms with E-state index in [4.69, 9.17) is 9.47 Å². The molecular formula is C33H38N4O4S. The van der Waals surface area contributed by atoms with Crippen molar-refractivity contribution >= 4 is 23.8 Å². The smallest absolute Gasteiger partial charge is 0.411 e. The first kappa shape index (κ1) is 29.8. The molecule has 2 heterocycles. The normalized spacial score (nSPS) is 19.3. The number of nitrogens with zero attached hydrogens (tertiary/aromatic N) is 2. The van der Waals surface area contributed by atoms with Crippen LogP contribution in [0.4, 0.5) is 4.79 Å². The molecule has 0 radical (unpaired) electrons. The topological polar surface area (TPSA) is 83.1 Å². The summed E-state index contributed by atoms with van der Waals surface area (Å²) in [6.07, 6.45) is 1.42. The van der Waals surface area contributed by atoms with Crippen LogP contribution in [-0.2, 0) is 19.0 Å². The van der Waals surface area contributed by atoms with Gasteiger partial charge in [0.25, 0.3) is 0 Å². The average molecular weight is 587 g/mol. The van der Waals surface area contributed by atoms with E-state index >= 15 is 0 Å². The highest BCUT2D eigenvalue weighted by atomic mass is 32.2. The van der Waals surface area contributed by atoms with Crippen molar-refractivity contribution in [3.8, 4) is 0 Å². The molecule has 2 saturated heterocycles. The first-order chi connectivity index (χ1) is 20.6. The zero-order valence-corrected chi connectivity index (χ0v) is 24.5. The summed E-state index contributed by atoms with van der Waals surface area (Å²) >= 11 is 1.84. The second-order valence-corrected chi connectivity index (χ2v) is 11.8. The lowest BCUT2D eigenvalue weighted by Crippen LogP contribution is -2.53. The number of carbonyl (C=O) groups is 2. The first-order valence-corrected chi connectivity index (χ1v) is 15.2. The molecule has 2 aliphatic heterocycles. The maximum Gasteiger partial charge on any atom is 0.411 e. The Balaban J connectivity index is 1.42. The number of morpholine rings is 1. The van der Waals surface area contributed by atoms with E-state index in [-0.39, 0.29) is 30.5 Å². The fourth-order valence-electron chi connectivity index (χ4n) is 5.57. The molecule has 2 N–H and O–H groups in total. The van der Waals surface area contributed by atoms with Gasteiger partial charge in [-0.05, 0) is 23.1 Å². The van der Waals surface area contributed by atoms with Gasteiger partial charge in [0.1, 0.15) is 6.61 Å². The summed E-state index contributed by atoms with van der Waals surface area (Å²) < 4.78 is 10.3. The van der Waals surface area contributed by atoms with Crippen LogP contribution in [-0.4, -0.2) is 79.3 Å². The van der Waals surface area contributed by atoms with Crippen molar-refractivity contribution in [3.05, 3.63) is 120 Å². The summed E-state index contributed by atoms with van der Waals surface area (Å²) in [6, 6.07) is 31.5. The molecular weight excluding hydrogens is 548 g/mol. The minimum atomic E-state index is -0.520. The van der Waals surface area contributed by atoms with Crippen LogP contribution in [0.25, 0.3) is 0 Å². The fraction of sp³-hybridized carbons (Fsp3) is 0.333. The molecule has 9 heteroatoms. The van der Waals surface area contributed by atoms with Gasteiger partial charge in [0.2, 0.25) is 5.91 Å². The van der Waals surface area contributed by atoms with Crippen LogP contribution in [0.1, 0.15) is 23.1 Å². The van der Waals surface area contributed by atoms with Gasteiger partial charge in [-0.15, -0.1) is 11.8 Å². The van der Waals surface area contributed by atoms with Crippen molar-refractivity contribution < 1.29 is 19.1 Å². The highest BCUT2D eigenvalue weighted by Gasteiger charge is 2.44. The van der Waals surface area contributed by atoms with E-state index in [1.807, 2.05) is 35.0 Å². The van der Waals surface area contributed by atoms with E-state index in [1.54, 1.807) is 11.0 Å². The standard InChI is InChI=1S/C33H38N4O4S/c1-2-20-41-32(39)37-25-29(23-30(37)34-24-31(38)35-36-18-21-40-22-19-36)42-33(26-12-6-3-7-13-26,27-14-8-4-9-15-27)28-16-10-5-11-17-28/h2-17,29-30,34H,1,18-25H2,(H,35,38). The lowest BCUT2D eigenvalue weighted by Gasteiger charge is -2.37. The molecule has 0 bridgehead atoms.